The molecule has 1 fully saturated rings. The van der Waals surface area contributed by atoms with Crippen molar-refractivity contribution in [1.82, 2.24) is 9.78 Å². The number of hydrazone groups is 1. The molecule has 9 nitrogen and oxygen atoms in total. The highest BCUT2D eigenvalue weighted by Crippen LogP contribution is 2.37. The monoisotopic (exact) mass is 393 g/mol. The third-order valence-electron chi connectivity index (χ3n) is 4.87. The molecule has 0 saturated carbocycles. The standard InChI is InChI=1S/C17H17F2N5O4/c18-9-2-1-7(5-10(9)19)12(25)15-13(26)14(27)17(28-15)24-11-3-4-21-16(23-20)8(11)6-22-24/h1-2,4-6,12-15,17,25-27H,3,20H2/b23-16+/t12-,13+,14-,15-,17-/m1/s1. The molecule has 1 aromatic carbocycles. The number of amidine groups is 1. The van der Waals surface area contributed by atoms with Crippen LogP contribution in [0.4, 0.5) is 8.78 Å². The topological polar surface area (TPSA) is 138 Å². The second-order valence-electron chi connectivity index (χ2n) is 6.51. The molecule has 4 rings (SSSR count). The van der Waals surface area contributed by atoms with Crippen LogP contribution < -0.4 is 5.84 Å². The maximum absolute atomic E-state index is 13.5. The van der Waals surface area contributed by atoms with Crippen molar-refractivity contribution in [3.63, 3.8) is 0 Å². The molecule has 11 heteroatoms. The van der Waals surface area contributed by atoms with E-state index in [2.05, 4.69) is 15.2 Å². The van der Waals surface area contributed by atoms with Crippen LogP contribution in [0.3, 0.4) is 0 Å². The fourth-order valence-electron chi connectivity index (χ4n) is 3.42. The number of aliphatic imine (C=N–C) groups is 1. The summed E-state index contributed by atoms with van der Waals surface area (Å²) in [6, 6.07) is 2.85. The summed E-state index contributed by atoms with van der Waals surface area (Å²) in [5.74, 6) is 3.36. The number of benzene rings is 1. The Morgan fingerprint density at radius 1 is 1.25 bits per heavy atom. The molecule has 2 aliphatic heterocycles. The first-order valence-electron chi connectivity index (χ1n) is 8.44. The molecule has 1 aromatic heterocycles. The molecule has 0 bridgehead atoms. The highest BCUT2D eigenvalue weighted by molar-refractivity contribution is 6.06. The van der Waals surface area contributed by atoms with Crippen molar-refractivity contribution in [3.05, 3.63) is 52.9 Å². The highest BCUT2D eigenvalue weighted by Gasteiger charge is 2.48. The van der Waals surface area contributed by atoms with E-state index in [1.165, 1.54) is 16.9 Å². The van der Waals surface area contributed by atoms with E-state index >= 15 is 0 Å². The summed E-state index contributed by atoms with van der Waals surface area (Å²) in [4.78, 5) is 4.05. The van der Waals surface area contributed by atoms with Crippen molar-refractivity contribution in [1.29, 1.82) is 0 Å². The summed E-state index contributed by atoms with van der Waals surface area (Å²) in [5.41, 5.74) is 1.17. The minimum Gasteiger partial charge on any atom is -0.387 e. The van der Waals surface area contributed by atoms with Crippen molar-refractivity contribution in [3.8, 4) is 0 Å². The van der Waals surface area contributed by atoms with Gasteiger partial charge in [0.2, 0.25) is 0 Å². The number of fused-ring (bicyclic) bond motifs is 1. The van der Waals surface area contributed by atoms with Gasteiger partial charge in [0.05, 0.1) is 17.5 Å². The van der Waals surface area contributed by atoms with Crippen LogP contribution in [-0.2, 0) is 11.2 Å². The summed E-state index contributed by atoms with van der Waals surface area (Å²) in [7, 11) is 0. The Morgan fingerprint density at radius 2 is 2.04 bits per heavy atom. The van der Waals surface area contributed by atoms with Gasteiger partial charge in [-0.2, -0.15) is 10.2 Å². The van der Waals surface area contributed by atoms with Gasteiger partial charge in [0.1, 0.15) is 24.4 Å². The predicted molar refractivity (Wildman–Crippen MR) is 92.4 cm³/mol. The Balaban J connectivity index is 1.62. The molecule has 5 N–H and O–H groups in total. The number of rotatable bonds is 3. The van der Waals surface area contributed by atoms with Gasteiger partial charge in [-0.25, -0.2) is 18.5 Å². The quantitative estimate of drug-likeness (QED) is 0.419. The summed E-state index contributed by atoms with van der Waals surface area (Å²) in [6.45, 7) is 0. The van der Waals surface area contributed by atoms with Gasteiger partial charge in [0.25, 0.3) is 0 Å². The molecule has 0 amide bonds. The van der Waals surface area contributed by atoms with E-state index in [4.69, 9.17) is 10.6 Å². The SMILES string of the molecule is N/N=C1/N=CCc2c1cnn2[C@@H]1O[C@H]([C@H](O)c2ccc(F)c(F)c2)[C@@H](O)[C@H]1O. The van der Waals surface area contributed by atoms with Crippen molar-refractivity contribution in [2.24, 2.45) is 15.9 Å². The van der Waals surface area contributed by atoms with Crippen molar-refractivity contribution in [2.45, 2.75) is 37.1 Å². The summed E-state index contributed by atoms with van der Waals surface area (Å²) < 4.78 is 33.6. The number of hydrogen-bond acceptors (Lipinski definition) is 7. The average molecular weight is 393 g/mol. The van der Waals surface area contributed by atoms with Gasteiger partial charge < -0.3 is 25.9 Å². The summed E-state index contributed by atoms with van der Waals surface area (Å²) >= 11 is 0. The third-order valence-corrected chi connectivity index (χ3v) is 4.87. The van der Waals surface area contributed by atoms with E-state index in [1.807, 2.05) is 0 Å². The molecule has 2 aromatic rings. The molecule has 28 heavy (non-hydrogen) atoms. The molecule has 5 atom stereocenters. The zero-order valence-electron chi connectivity index (χ0n) is 14.4. The van der Waals surface area contributed by atoms with Crippen LogP contribution in [0.1, 0.15) is 29.2 Å². The van der Waals surface area contributed by atoms with Gasteiger partial charge >= 0.3 is 0 Å². The van der Waals surface area contributed by atoms with Crippen LogP contribution >= 0.6 is 0 Å². The van der Waals surface area contributed by atoms with Gasteiger partial charge in [-0.15, -0.1) is 0 Å². The molecule has 2 aliphatic rings. The number of hydrogen-bond donors (Lipinski definition) is 4. The van der Waals surface area contributed by atoms with Crippen LogP contribution in [0, 0.1) is 11.6 Å². The first-order valence-corrected chi connectivity index (χ1v) is 8.44. The van der Waals surface area contributed by atoms with Crippen LogP contribution in [-0.4, -0.2) is 55.5 Å². The minimum absolute atomic E-state index is 0.00276. The Labute approximate surface area is 157 Å². The van der Waals surface area contributed by atoms with Gasteiger partial charge in [0.15, 0.2) is 23.7 Å². The maximum atomic E-state index is 13.5. The number of aliphatic hydroxyl groups is 3. The van der Waals surface area contributed by atoms with Gasteiger partial charge in [-0.1, -0.05) is 6.07 Å². The first kappa shape index (κ1) is 18.6. The number of nitrogens with two attached hydrogens (primary N) is 1. The number of aromatic nitrogens is 2. The number of nitrogens with zero attached hydrogens (tertiary/aromatic N) is 4. The molecular formula is C17H17F2N5O4. The van der Waals surface area contributed by atoms with Gasteiger partial charge in [0, 0.05) is 12.6 Å². The summed E-state index contributed by atoms with van der Waals surface area (Å²) in [6.07, 6.45) is -3.43. The molecule has 0 aliphatic carbocycles. The molecule has 0 unspecified atom stereocenters. The number of ether oxygens (including phenoxy) is 1. The number of halogens is 2. The smallest absolute Gasteiger partial charge is 0.181 e. The molecule has 3 heterocycles. The Bertz CT molecular complexity index is 963. The van der Waals surface area contributed by atoms with Crippen LogP contribution in [0.25, 0.3) is 0 Å². The largest absolute Gasteiger partial charge is 0.387 e. The molecule has 0 spiro atoms. The zero-order valence-corrected chi connectivity index (χ0v) is 14.4. The lowest BCUT2D eigenvalue weighted by Gasteiger charge is -2.21. The Kier molecular flexibility index (Phi) is 4.67. The lowest BCUT2D eigenvalue weighted by Crippen LogP contribution is -2.35. The van der Waals surface area contributed by atoms with E-state index in [0.29, 0.717) is 17.7 Å². The molecule has 1 saturated heterocycles. The van der Waals surface area contributed by atoms with E-state index in [-0.39, 0.29) is 11.4 Å². The molecule has 148 valence electrons. The average Bonchev–Trinajstić information content (AvgIpc) is 3.25. The van der Waals surface area contributed by atoms with E-state index < -0.39 is 42.3 Å². The fourth-order valence-corrected chi connectivity index (χ4v) is 3.42. The second kappa shape index (κ2) is 7.02. The molecular weight excluding hydrogens is 376 g/mol. The molecule has 0 radical (unpaired) electrons. The van der Waals surface area contributed by atoms with Crippen molar-refractivity contribution >= 4 is 12.1 Å². The van der Waals surface area contributed by atoms with Crippen molar-refractivity contribution in [2.75, 3.05) is 0 Å². The highest BCUT2D eigenvalue weighted by atomic mass is 19.2. The lowest BCUT2D eigenvalue weighted by atomic mass is 9.99. The van der Waals surface area contributed by atoms with Gasteiger partial charge in [-0.05, 0) is 17.7 Å². The lowest BCUT2D eigenvalue weighted by molar-refractivity contribution is -0.0904. The third kappa shape index (κ3) is 2.88. The summed E-state index contributed by atoms with van der Waals surface area (Å²) in [5, 5.41) is 39.0. The van der Waals surface area contributed by atoms with Crippen LogP contribution in [0.5, 0.6) is 0 Å². The van der Waals surface area contributed by atoms with Crippen LogP contribution in [0.15, 0.2) is 34.5 Å². The van der Waals surface area contributed by atoms with E-state index in [1.54, 1.807) is 6.21 Å². The fraction of sp³-hybridized carbons (Fsp3) is 0.353. The predicted octanol–water partition coefficient (Wildman–Crippen LogP) is -0.239. The van der Waals surface area contributed by atoms with E-state index in [0.717, 1.165) is 12.1 Å². The second-order valence-corrected chi connectivity index (χ2v) is 6.51. The minimum atomic E-state index is -1.50. The zero-order chi connectivity index (χ0) is 20.0. The van der Waals surface area contributed by atoms with Gasteiger partial charge in [-0.3, -0.25) is 0 Å². The van der Waals surface area contributed by atoms with Crippen LogP contribution in [0.2, 0.25) is 0 Å². The first-order chi connectivity index (χ1) is 13.4. The normalized spacial score (nSPS) is 29.2. The Morgan fingerprint density at radius 3 is 2.75 bits per heavy atom. The van der Waals surface area contributed by atoms with E-state index in [9.17, 15) is 24.1 Å². The van der Waals surface area contributed by atoms with Crippen molar-refractivity contribution < 1.29 is 28.8 Å². The Hall–Kier alpha value is -2.73. The number of aliphatic hydroxyl groups excluding tert-OH is 3. The maximum Gasteiger partial charge on any atom is 0.181 e.